The average Bonchev–Trinajstić information content (AvgIpc) is 2.35. The Labute approximate surface area is 118 Å². The number of ether oxygens (including phenoxy) is 1. The number of anilines is 2. The van der Waals surface area contributed by atoms with Gasteiger partial charge in [-0.3, -0.25) is 4.79 Å². The highest BCUT2D eigenvalue weighted by Crippen LogP contribution is 2.15. The lowest BCUT2D eigenvalue weighted by atomic mass is 10.1. The minimum Gasteiger partial charge on any atom is -0.484 e. The summed E-state index contributed by atoms with van der Waals surface area (Å²) in [5, 5.41) is 2.81. The lowest BCUT2D eigenvalue weighted by Crippen LogP contribution is -2.20. The van der Waals surface area contributed by atoms with E-state index in [0.717, 1.165) is 16.8 Å². The third-order valence-corrected chi connectivity index (χ3v) is 2.73. The molecule has 0 unspecified atom stereocenters. The van der Waals surface area contributed by atoms with Crippen LogP contribution in [-0.2, 0) is 4.79 Å². The summed E-state index contributed by atoms with van der Waals surface area (Å²) in [4.78, 5) is 11.8. The van der Waals surface area contributed by atoms with E-state index in [4.69, 9.17) is 10.5 Å². The molecule has 1 amide bonds. The molecule has 4 nitrogen and oxygen atoms in total. The van der Waals surface area contributed by atoms with Gasteiger partial charge in [0.05, 0.1) is 0 Å². The van der Waals surface area contributed by atoms with Gasteiger partial charge in [0.2, 0.25) is 0 Å². The van der Waals surface area contributed by atoms with Gasteiger partial charge in [-0.2, -0.15) is 0 Å². The lowest BCUT2D eigenvalue weighted by Gasteiger charge is -2.09. The van der Waals surface area contributed by atoms with Gasteiger partial charge in [-0.05, 0) is 49.2 Å². The molecule has 0 radical (unpaired) electrons. The maximum Gasteiger partial charge on any atom is 0.262 e. The summed E-state index contributed by atoms with van der Waals surface area (Å²) in [6.45, 7) is 3.94. The predicted molar refractivity (Wildman–Crippen MR) is 80.9 cm³/mol. The maximum absolute atomic E-state index is 11.8. The van der Waals surface area contributed by atoms with Crippen LogP contribution < -0.4 is 15.8 Å². The Hall–Kier alpha value is -2.49. The highest BCUT2D eigenvalue weighted by molar-refractivity contribution is 5.92. The van der Waals surface area contributed by atoms with E-state index in [1.807, 2.05) is 26.0 Å². The molecule has 0 saturated carbocycles. The van der Waals surface area contributed by atoms with Crippen molar-refractivity contribution >= 4 is 17.3 Å². The fourth-order valence-electron chi connectivity index (χ4n) is 2.00. The normalized spacial score (nSPS) is 10.1. The Morgan fingerprint density at radius 2 is 1.85 bits per heavy atom. The Balaban J connectivity index is 1.92. The van der Waals surface area contributed by atoms with Gasteiger partial charge >= 0.3 is 0 Å². The minimum atomic E-state index is -0.197. The minimum absolute atomic E-state index is 0.0452. The van der Waals surface area contributed by atoms with E-state index in [0.29, 0.717) is 11.4 Å². The molecule has 104 valence electrons. The quantitative estimate of drug-likeness (QED) is 0.840. The number of nitrogens with one attached hydrogen (secondary N) is 1. The van der Waals surface area contributed by atoms with E-state index in [9.17, 15) is 4.79 Å². The molecule has 0 heterocycles. The van der Waals surface area contributed by atoms with Crippen molar-refractivity contribution < 1.29 is 9.53 Å². The number of carbonyl (C=O) groups is 1. The van der Waals surface area contributed by atoms with Crippen LogP contribution in [-0.4, -0.2) is 12.5 Å². The number of hydrogen-bond donors (Lipinski definition) is 2. The van der Waals surface area contributed by atoms with E-state index in [2.05, 4.69) is 11.4 Å². The second-order valence-electron chi connectivity index (χ2n) is 4.79. The van der Waals surface area contributed by atoms with Crippen molar-refractivity contribution in [2.24, 2.45) is 0 Å². The molecule has 0 aliphatic rings. The van der Waals surface area contributed by atoms with E-state index in [-0.39, 0.29) is 12.5 Å². The van der Waals surface area contributed by atoms with Crippen molar-refractivity contribution in [2.75, 3.05) is 17.7 Å². The number of amides is 1. The third-order valence-electron chi connectivity index (χ3n) is 2.73. The highest BCUT2D eigenvalue weighted by atomic mass is 16.5. The molecule has 0 atom stereocenters. The summed E-state index contributed by atoms with van der Waals surface area (Å²) in [6.07, 6.45) is 0. The van der Waals surface area contributed by atoms with E-state index >= 15 is 0 Å². The Morgan fingerprint density at radius 3 is 2.50 bits per heavy atom. The zero-order valence-corrected chi connectivity index (χ0v) is 11.6. The maximum atomic E-state index is 11.8. The molecule has 0 fully saturated rings. The van der Waals surface area contributed by atoms with Crippen LogP contribution in [0.15, 0.2) is 42.5 Å². The number of hydrogen-bond acceptors (Lipinski definition) is 3. The number of rotatable bonds is 4. The molecule has 0 aliphatic heterocycles. The first-order chi connectivity index (χ1) is 9.52. The molecular formula is C16H18N2O2. The number of carbonyl (C=O) groups excluding carboxylic acids is 1. The van der Waals surface area contributed by atoms with Gasteiger partial charge in [-0.15, -0.1) is 0 Å². The summed E-state index contributed by atoms with van der Waals surface area (Å²) in [6, 6.07) is 12.9. The van der Waals surface area contributed by atoms with Gasteiger partial charge < -0.3 is 15.8 Å². The molecule has 0 bridgehead atoms. The second-order valence-corrected chi connectivity index (χ2v) is 4.79. The first-order valence-electron chi connectivity index (χ1n) is 6.39. The van der Waals surface area contributed by atoms with E-state index in [1.54, 1.807) is 24.3 Å². The summed E-state index contributed by atoms with van der Waals surface area (Å²) in [7, 11) is 0. The lowest BCUT2D eigenvalue weighted by molar-refractivity contribution is -0.118. The molecule has 0 aromatic heterocycles. The van der Waals surface area contributed by atoms with Crippen LogP contribution in [0.5, 0.6) is 5.75 Å². The van der Waals surface area contributed by atoms with E-state index in [1.165, 1.54) is 0 Å². The average molecular weight is 270 g/mol. The molecule has 2 aromatic rings. The summed E-state index contributed by atoms with van der Waals surface area (Å²) < 4.78 is 5.39. The summed E-state index contributed by atoms with van der Waals surface area (Å²) >= 11 is 0. The van der Waals surface area contributed by atoms with Crippen molar-refractivity contribution in [3.63, 3.8) is 0 Å². The summed E-state index contributed by atoms with van der Waals surface area (Å²) in [5.74, 6) is 0.387. The fourth-order valence-corrected chi connectivity index (χ4v) is 2.00. The topological polar surface area (TPSA) is 64.3 Å². The van der Waals surface area contributed by atoms with Gasteiger partial charge in [0, 0.05) is 17.4 Å². The van der Waals surface area contributed by atoms with Crippen LogP contribution in [0.1, 0.15) is 11.1 Å². The van der Waals surface area contributed by atoms with Gasteiger partial charge in [-0.1, -0.05) is 12.1 Å². The molecule has 4 heteroatoms. The number of aryl methyl sites for hydroxylation is 2. The molecule has 0 saturated heterocycles. The first-order valence-corrected chi connectivity index (χ1v) is 6.39. The van der Waals surface area contributed by atoms with Crippen LogP contribution in [0.3, 0.4) is 0 Å². The molecule has 2 rings (SSSR count). The Kier molecular flexibility index (Phi) is 4.25. The summed E-state index contributed by atoms with van der Waals surface area (Å²) in [5.41, 5.74) is 9.25. The van der Waals surface area contributed by atoms with Gasteiger partial charge in [0.25, 0.3) is 5.91 Å². The largest absolute Gasteiger partial charge is 0.484 e. The standard InChI is InChI=1S/C16H18N2O2/c1-11-6-12(2)8-14(7-11)18-16(19)10-20-15-5-3-4-13(17)9-15/h3-9H,10,17H2,1-2H3,(H,18,19). The van der Waals surface area contributed by atoms with Gasteiger partial charge in [0.15, 0.2) is 6.61 Å². The van der Waals surface area contributed by atoms with Crippen LogP contribution in [0.25, 0.3) is 0 Å². The van der Waals surface area contributed by atoms with Crippen molar-refractivity contribution in [2.45, 2.75) is 13.8 Å². The molecule has 0 spiro atoms. The molecular weight excluding hydrogens is 252 g/mol. The SMILES string of the molecule is Cc1cc(C)cc(NC(=O)COc2cccc(N)c2)c1. The predicted octanol–water partition coefficient (Wildman–Crippen LogP) is 2.90. The van der Waals surface area contributed by atoms with Crippen LogP contribution in [0, 0.1) is 13.8 Å². The third kappa shape index (κ3) is 4.02. The molecule has 2 aromatic carbocycles. The molecule has 20 heavy (non-hydrogen) atoms. The van der Waals surface area contributed by atoms with Crippen molar-refractivity contribution in [1.82, 2.24) is 0 Å². The molecule has 0 aliphatic carbocycles. The fraction of sp³-hybridized carbons (Fsp3) is 0.188. The van der Waals surface area contributed by atoms with Crippen molar-refractivity contribution in [3.8, 4) is 5.75 Å². The zero-order valence-electron chi connectivity index (χ0n) is 11.6. The molecule has 3 N–H and O–H groups in total. The van der Waals surface area contributed by atoms with Crippen molar-refractivity contribution in [1.29, 1.82) is 0 Å². The van der Waals surface area contributed by atoms with Gasteiger partial charge in [0.1, 0.15) is 5.75 Å². The highest BCUT2D eigenvalue weighted by Gasteiger charge is 2.04. The number of benzene rings is 2. The smallest absolute Gasteiger partial charge is 0.262 e. The van der Waals surface area contributed by atoms with Crippen LogP contribution in [0.2, 0.25) is 0 Å². The van der Waals surface area contributed by atoms with Crippen LogP contribution in [0.4, 0.5) is 11.4 Å². The van der Waals surface area contributed by atoms with E-state index < -0.39 is 0 Å². The van der Waals surface area contributed by atoms with Gasteiger partial charge in [-0.25, -0.2) is 0 Å². The second kappa shape index (κ2) is 6.10. The van der Waals surface area contributed by atoms with Crippen molar-refractivity contribution in [3.05, 3.63) is 53.6 Å². The number of nitrogen functional groups attached to an aromatic ring is 1. The zero-order chi connectivity index (χ0) is 14.5. The number of nitrogens with two attached hydrogens (primary N) is 1. The van der Waals surface area contributed by atoms with Crippen LogP contribution >= 0.6 is 0 Å². The monoisotopic (exact) mass is 270 g/mol. The Bertz CT molecular complexity index is 603. The Morgan fingerprint density at radius 1 is 1.15 bits per heavy atom. The first kappa shape index (κ1) is 13.9.